The van der Waals surface area contributed by atoms with Crippen LogP contribution in [0.25, 0.3) is 0 Å². The van der Waals surface area contributed by atoms with Gasteiger partial charge in [-0.25, -0.2) is 0 Å². The average Bonchev–Trinajstić information content (AvgIpc) is 2.69. The molecule has 0 unspecified atom stereocenters. The van der Waals surface area contributed by atoms with Crippen molar-refractivity contribution in [2.75, 3.05) is 20.3 Å². The first-order chi connectivity index (χ1) is 13.4. The van der Waals surface area contributed by atoms with E-state index in [1.165, 1.54) is 7.11 Å². The number of benzene rings is 2. The van der Waals surface area contributed by atoms with Crippen molar-refractivity contribution in [3.05, 3.63) is 57.2 Å². The van der Waals surface area contributed by atoms with Crippen molar-refractivity contribution in [2.24, 2.45) is 5.73 Å². The van der Waals surface area contributed by atoms with Crippen LogP contribution in [0.5, 0.6) is 11.5 Å². The third-order valence-corrected chi connectivity index (χ3v) is 4.56. The maximum Gasteiger partial charge on any atom is 0.255 e. The maximum atomic E-state index is 12.1. The molecule has 2 rings (SSSR count). The van der Waals surface area contributed by atoms with E-state index in [1.807, 2.05) is 12.1 Å². The number of ether oxygens (including phenoxy) is 2. The molecule has 0 saturated heterocycles. The summed E-state index contributed by atoms with van der Waals surface area (Å²) in [6, 6.07) is 12.2. The van der Waals surface area contributed by atoms with Crippen LogP contribution in [-0.4, -0.2) is 38.0 Å². The van der Waals surface area contributed by atoms with Crippen LogP contribution in [0.1, 0.15) is 15.9 Å². The number of methoxy groups -OCH3 is 1. The summed E-state index contributed by atoms with van der Waals surface area (Å²) in [6.07, 6.45) is 0. The number of nitrogens with two attached hydrogens (primary N) is 1. The third-order valence-electron chi connectivity index (χ3n) is 3.62. The second-order valence-corrected chi connectivity index (χ2v) is 6.84. The largest absolute Gasteiger partial charge is 0.493 e. The van der Waals surface area contributed by atoms with Crippen LogP contribution in [0.15, 0.2) is 42.5 Å². The van der Waals surface area contributed by atoms with Crippen LogP contribution in [0.2, 0.25) is 0 Å². The summed E-state index contributed by atoms with van der Waals surface area (Å²) in [4.78, 5) is 34.9. The lowest BCUT2D eigenvalue weighted by Crippen LogP contribution is -2.36. The summed E-state index contributed by atoms with van der Waals surface area (Å²) < 4.78 is 11.3. The number of carbonyl (C=O) groups excluding carboxylic acids is 3. The Hall–Kier alpha value is -2.82. The Labute approximate surface area is 175 Å². The summed E-state index contributed by atoms with van der Waals surface area (Å²) >= 11 is 2.07. The third kappa shape index (κ3) is 6.41. The Morgan fingerprint density at radius 2 is 1.82 bits per heavy atom. The van der Waals surface area contributed by atoms with Gasteiger partial charge in [0.25, 0.3) is 11.8 Å². The van der Waals surface area contributed by atoms with Gasteiger partial charge in [-0.15, -0.1) is 0 Å². The first-order valence-corrected chi connectivity index (χ1v) is 9.36. The number of hydrogen-bond acceptors (Lipinski definition) is 5. The van der Waals surface area contributed by atoms with Crippen LogP contribution < -0.4 is 25.8 Å². The van der Waals surface area contributed by atoms with Crippen LogP contribution in [-0.2, 0) is 16.1 Å². The van der Waals surface area contributed by atoms with E-state index < -0.39 is 5.91 Å². The van der Waals surface area contributed by atoms with Gasteiger partial charge >= 0.3 is 0 Å². The molecule has 0 aliphatic rings. The number of carbonyl (C=O) groups is 3. The van der Waals surface area contributed by atoms with Crippen molar-refractivity contribution in [1.29, 1.82) is 0 Å². The lowest BCUT2D eigenvalue weighted by molar-refractivity contribution is -0.120. The van der Waals surface area contributed by atoms with Crippen LogP contribution in [0, 0.1) is 3.57 Å². The summed E-state index contributed by atoms with van der Waals surface area (Å²) in [5, 5.41) is 5.31. The molecule has 0 radical (unpaired) electrons. The van der Waals surface area contributed by atoms with Gasteiger partial charge in [-0.2, -0.15) is 0 Å². The Kier molecular flexibility index (Phi) is 8.05. The van der Waals surface area contributed by atoms with Crippen molar-refractivity contribution in [2.45, 2.75) is 6.54 Å². The molecule has 0 spiro atoms. The monoisotopic (exact) mass is 497 g/mol. The molecule has 2 aromatic carbocycles. The van der Waals surface area contributed by atoms with E-state index >= 15 is 0 Å². The molecule has 0 aliphatic carbocycles. The Bertz CT molecular complexity index is 872. The SMILES string of the molecule is COc1cc(CNC(=O)CNC(=O)c2ccccc2I)ccc1OCC(N)=O. The number of halogens is 1. The quantitative estimate of drug-likeness (QED) is 0.450. The van der Waals surface area contributed by atoms with Crippen molar-refractivity contribution < 1.29 is 23.9 Å². The molecule has 0 aromatic heterocycles. The van der Waals surface area contributed by atoms with E-state index in [0.717, 1.165) is 9.13 Å². The zero-order chi connectivity index (χ0) is 20.5. The lowest BCUT2D eigenvalue weighted by atomic mass is 10.2. The van der Waals surface area contributed by atoms with Crippen LogP contribution in [0.4, 0.5) is 0 Å². The first kappa shape index (κ1) is 21.5. The maximum absolute atomic E-state index is 12.1. The number of primary amides is 1. The van der Waals surface area contributed by atoms with Crippen molar-refractivity contribution in [3.63, 3.8) is 0 Å². The minimum atomic E-state index is -0.592. The highest BCUT2D eigenvalue weighted by atomic mass is 127. The summed E-state index contributed by atoms with van der Waals surface area (Å²) in [6.45, 7) is -0.155. The fourth-order valence-electron chi connectivity index (χ4n) is 2.25. The summed E-state index contributed by atoms with van der Waals surface area (Å²) in [5.74, 6) is -0.434. The van der Waals surface area contributed by atoms with Gasteiger partial charge in [-0.1, -0.05) is 18.2 Å². The Morgan fingerprint density at radius 3 is 2.50 bits per heavy atom. The molecule has 0 fully saturated rings. The van der Waals surface area contributed by atoms with Gasteiger partial charge in [-0.05, 0) is 52.4 Å². The van der Waals surface area contributed by atoms with Crippen molar-refractivity contribution >= 4 is 40.3 Å². The van der Waals surface area contributed by atoms with Gasteiger partial charge < -0.3 is 25.8 Å². The van der Waals surface area contributed by atoms with E-state index in [-0.39, 0.29) is 31.5 Å². The van der Waals surface area contributed by atoms with Gasteiger partial charge in [-0.3, -0.25) is 14.4 Å². The highest BCUT2D eigenvalue weighted by molar-refractivity contribution is 14.1. The smallest absolute Gasteiger partial charge is 0.255 e. The van der Waals surface area contributed by atoms with Gasteiger partial charge in [0.2, 0.25) is 5.91 Å². The van der Waals surface area contributed by atoms with Crippen molar-refractivity contribution in [1.82, 2.24) is 10.6 Å². The molecule has 0 bridgehead atoms. The molecular weight excluding hydrogens is 477 g/mol. The molecule has 0 saturated carbocycles. The standard InChI is InChI=1S/C19H20IN3O5/c1-27-16-8-12(6-7-15(16)28-11-17(21)24)9-22-18(25)10-23-19(26)13-4-2-3-5-14(13)20/h2-8H,9-11H2,1H3,(H2,21,24)(H,22,25)(H,23,26). The van der Waals surface area contributed by atoms with Gasteiger partial charge in [0.1, 0.15) is 0 Å². The second-order valence-electron chi connectivity index (χ2n) is 5.68. The highest BCUT2D eigenvalue weighted by Crippen LogP contribution is 2.27. The van der Waals surface area contributed by atoms with Gasteiger partial charge in [0.05, 0.1) is 19.2 Å². The normalized spacial score (nSPS) is 10.1. The van der Waals surface area contributed by atoms with E-state index in [2.05, 4.69) is 33.2 Å². The first-order valence-electron chi connectivity index (χ1n) is 8.28. The lowest BCUT2D eigenvalue weighted by Gasteiger charge is -2.12. The van der Waals surface area contributed by atoms with E-state index in [1.54, 1.807) is 30.3 Å². The Balaban J connectivity index is 1.86. The number of nitrogens with one attached hydrogen (secondary N) is 2. The zero-order valence-electron chi connectivity index (χ0n) is 15.2. The van der Waals surface area contributed by atoms with Crippen LogP contribution >= 0.6 is 22.6 Å². The summed E-state index contributed by atoms with van der Waals surface area (Å²) in [5.41, 5.74) is 6.34. The molecule has 0 atom stereocenters. The fourth-order valence-corrected chi connectivity index (χ4v) is 2.89. The predicted molar refractivity (Wildman–Crippen MR) is 111 cm³/mol. The second kappa shape index (κ2) is 10.5. The van der Waals surface area contributed by atoms with Crippen molar-refractivity contribution in [3.8, 4) is 11.5 Å². The molecule has 148 valence electrons. The van der Waals surface area contributed by atoms with Crippen LogP contribution in [0.3, 0.4) is 0 Å². The molecule has 8 nitrogen and oxygen atoms in total. The average molecular weight is 497 g/mol. The number of rotatable bonds is 9. The topological polar surface area (TPSA) is 120 Å². The fraction of sp³-hybridized carbons (Fsp3) is 0.211. The highest BCUT2D eigenvalue weighted by Gasteiger charge is 2.11. The Morgan fingerprint density at radius 1 is 1.07 bits per heavy atom. The molecule has 4 N–H and O–H groups in total. The van der Waals surface area contributed by atoms with E-state index in [4.69, 9.17) is 15.2 Å². The van der Waals surface area contributed by atoms with E-state index in [9.17, 15) is 14.4 Å². The molecule has 0 aliphatic heterocycles. The zero-order valence-corrected chi connectivity index (χ0v) is 17.3. The minimum Gasteiger partial charge on any atom is -0.493 e. The van der Waals surface area contributed by atoms with Gasteiger partial charge in [0, 0.05) is 10.1 Å². The predicted octanol–water partition coefficient (Wildman–Crippen LogP) is 1.21. The molecular formula is C19H20IN3O5. The van der Waals surface area contributed by atoms with E-state index in [0.29, 0.717) is 17.1 Å². The van der Waals surface area contributed by atoms with Gasteiger partial charge in [0.15, 0.2) is 18.1 Å². The molecule has 9 heteroatoms. The summed E-state index contributed by atoms with van der Waals surface area (Å²) in [7, 11) is 1.47. The number of amides is 3. The molecule has 3 amide bonds. The molecule has 2 aromatic rings. The number of hydrogen-bond donors (Lipinski definition) is 3. The molecule has 28 heavy (non-hydrogen) atoms. The molecule has 0 heterocycles. The minimum absolute atomic E-state index is 0.138.